The molecule has 3 rings (SSSR count). The molecule has 0 aliphatic heterocycles. The van der Waals surface area contributed by atoms with Gasteiger partial charge in [0.1, 0.15) is 0 Å². The number of ether oxygens (including phenoxy) is 2. The van der Waals surface area contributed by atoms with Crippen molar-refractivity contribution in [2.75, 3.05) is 7.11 Å². The number of carboxylic acids is 1. The number of carboxylic acid groups (broad SMARTS) is 1. The number of nitrogens with zero attached hydrogens (tertiary/aromatic N) is 1. The molecule has 0 aromatic heterocycles. The minimum absolute atomic E-state index is 0.00497. The lowest BCUT2D eigenvalue weighted by Crippen LogP contribution is -2.33. The average Bonchev–Trinajstić information content (AvgIpc) is 2.87. The highest BCUT2D eigenvalue weighted by Crippen LogP contribution is 2.44. The van der Waals surface area contributed by atoms with Crippen LogP contribution in [-0.4, -0.2) is 24.3 Å². The Bertz CT molecular complexity index is 858. The van der Waals surface area contributed by atoms with Crippen LogP contribution in [0.15, 0.2) is 18.2 Å². The Morgan fingerprint density at radius 2 is 2.04 bits per heavy atom. The van der Waals surface area contributed by atoms with E-state index in [0.29, 0.717) is 31.2 Å². The second-order valence-electron chi connectivity index (χ2n) is 6.46. The molecule has 5 nitrogen and oxygen atoms in total. The predicted molar refractivity (Wildman–Crippen MR) is 92.8 cm³/mol. The number of hydrogen-bond donors (Lipinski definition) is 1. The Balaban J connectivity index is 1.99. The molecule has 25 heavy (non-hydrogen) atoms. The van der Waals surface area contributed by atoms with Crippen LogP contribution in [0.4, 0.5) is 0 Å². The minimum atomic E-state index is -2.48. The summed E-state index contributed by atoms with van der Waals surface area (Å²) in [6.45, 7) is 0. The van der Waals surface area contributed by atoms with E-state index < -0.39 is 36.1 Å². The third-order valence-electron chi connectivity index (χ3n) is 5.03. The molecule has 0 saturated heterocycles. The Morgan fingerprint density at radius 3 is 2.60 bits per heavy atom. The molecular weight excluding hydrogens is 318 g/mol. The largest absolute Gasteiger partial charge is 0.493 e. The Hall–Kier alpha value is -2.22. The maximum atomic E-state index is 11.3. The molecule has 0 unspecified atom stereocenters. The summed E-state index contributed by atoms with van der Waals surface area (Å²) in [5.74, 6) is -1.16. The molecule has 0 spiro atoms. The van der Waals surface area contributed by atoms with Crippen LogP contribution < -0.4 is 9.47 Å². The number of hydrogen-bond acceptors (Lipinski definition) is 4. The van der Waals surface area contributed by atoms with Crippen LogP contribution in [0.1, 0.15) is 63.7 Å². The van der Waals surface area contributed by atoms with Gasteiger partial charge in [-0.05, 0) is 69.0 Å². The molecule has 0 heterocycles. The highest BCUT2D eigenvalue weighted by molar-refractivity contribution is 5.70. The second-order valence-corrected chi connectivity index (χ2v) is 6.46. The van der Waals surface area contributed by atoms with Crippen LogP contribution in [0.5, 0.6) is 11.5 Å². The lowest BCUT2D eigenvalue weighted by atomic mass is 9.67. The van der Waals surface area contributed by atoms with Gasteiger partial charge in [0.15, 0.2) is 11.5 Å². The molecule has 5 heteroatoms. The van der Waals surface area contributed by atoms with Crippen molar-refractivity contribution in [2.24, 2.45) is 5.92 Å². The summed E-state index contributed by atoms with van der Waals surface area (Å²) in [4.78, 5) is 11.3. The first kappa shape index (κ1) is 12.2. The molecule has 2 aliphatic carbocycles. The van der Waals surface area contributed by atoms with Gasteiger partial charge < -0.3 is 14.6 Å². The van der Waals surface area contributed by atoms with Crippen LogP contribution >= 0.6 is 0 Å². The van der Waals surface area contributed by atoms with Gasteiger partial charge in [-0.1, -0.05) is 6.07 Å². The summed E-state index contributed by atoms with van der Waals surface area (Å²) >= 11 is 0. The Kier molecular flexibility index (Phi) is 3.58. The summed E-state index contributed by atoms with van der Waals surface area (Å²) in [5, 5.41) is 19.2. The number of carbonyl (C=O) groups is 1. The highest BCUT2D eigenvalue weighted by Gasteiger charge is 2.39. The number of aliphatic carboxylic acids is 1. The Labute approximate surface area is 155 Å². The third-order valence-corrected chi connectivity index (χ3v) is 5.03. The molecule has 0 amide bonds. The van der Waals surface area contributed by atoms with Gasteiger partial charge in [-0.25, -0.2) is 0 Å². The molecule has 2 fully saturated rings. The van der Waals surface area contributed by atoms with Crippen molar-refractivity contribution in [2.45, 2.75) is 62.8 Å². The number of nitriles is 1. The maximum absolute atomic E-state index is 11.3. The quantitative estimate of drug-likeness (QED) is 0.868. The fourth-order valence-electron chi connectivity index (χ4n) is 3.47. The van der Waals surface area contributed by atoms with E-state index in [4.69, 9.17) is 16.3 Å². The van der Waals surface area contributed by atoms with Crippen molar-refractivity contribution < 1.29 is 26.2 Å². The summed E-state index contributed by atoms with van der Waals surface area (Å²) in [6.07, 6.45) is -5.80. The molecule has 1 N–H and O–H groups in total. The van der Waals surface area contributed by atoms with Gasteiger partial charge in [-0.3, -0.25) is 4.79 Å². The fourth-order valence-corrected chi connectivity index (χ4v) is 3.47. The smallest absolute Gasteiger partial charge is 0.306 e. The highest BCUT2D eigenvalue weighted by atomic mass is 16.5. The molecule has 0 atom stereocenters. The predicted octanol–water partition coefficient (Wildman–Crippen LogP) is 4.05. The van der Waals surface area contributed by atoms with Gasteiger partial charge in [-0.15, -0.1) is 0 Å². The first-order valence-electron chi connectivity index (χ1n) is 10.9. The van der Waals surface area contributed by atoms with E-state index in [2.05, 4.69) is 6.07 Å². The third kappa shape index (κ3) is 3.58. The van der Waals surface area contributed by atoms with Gasteiger partial charge >= 0.3 is 5.97 Å². The van der Waals surface area contributed by atoms with E-state index in [0.717, 1.165) is 0 Å². The van der Waals surface area contributed by atoms with E-state index in [1.165, 1.54) is 13.2 Å². The first-order chi connectivity index (χ1) is 13.9. The van der Waals surface area contributed by atoms with Gasteiger partial charge in [0.25, 0.3) is 0 Å². The lowest BCUT2D eigenvalue weighted by Gasteiger charge is -2.34. The first-order valence-corrected chi connectivity index (χ1v) is 8.43. The lowest BCUT2D eigenvalue weighted by molar-refractivity contribution is -0.143. The standard InChI is InChI=1S/C20H25NO4/c1-24-17-7-6-15(12-18(17)25-16-4-2-3-5-16)20(13-21)10-8-14(9-11-20)19(22)23/h6-7,12,14,16H,2-5,8-11H2,1H3,(H,22,23)/i4D2,5D2,16D. The van der Waals surface area contributed by atoms with Gasteiger partial charge in [0.05, 0.1) is 32.0 Å². The van der Waals surface area contributed by atoms with E-state index >= 15 is 0 Å². The maximum Gasteiger partial charge on any atom is 0.306 e. The van der Waals surface area contributed by atoms with Crippen LogP contribution in [-0.2, 0) is 10.2 Å². The van der Waals surface area contributed by atoms with Gasteiger partial charge in [-0.2, -0.15) is 5.26 Å². The minimum Gasteiger partial charge on any atom is -0.493 e. The monoisotopic (exact) mass is 348 g/mol. The Morgan fingerprint density at radius 1 is 1.36 bits per heavy atom. The van der Waals surface area contributed by atoms with Gasteiger partial charge in [0.2, 0.25) is 0 Å². The van der Waals surface area contributed by atoms with E-state index in [1.807, 2.05) is 0 Å². The molecule has 2 saturated carbocycles. The van der Waals surface area contributed by atoms with Crippen molar-refractivity contribution >= 4 is 5.97 Å². The van der Waals surface area contributed by atoms with Crippen LogP contribution in [0.25, 0.3) is 0 Å². The molecule has 0 bridgehead atoms. The van der Waals surface area contributed by atoms with Crippen molar-refractivity contribution in [3.05, 3.63) is 23.8 Å². The molecule has 1 aromatic carbocycles. The number of methoxy groups -OCH3 is 1. The normalized spacial score (nSPS) is 35.0. The van der Waals surface area contributed by atoms with Crippen molar-refractivity contribution in [1.82, 2.24) is 0 Å². The zero-order chi connectivity index (χ0) is 22.4. The topological polar surface area (TPSA) is 79.5 Å². The zero-order valence-corrected chi connectivity index (χ0v) is 14.2. The summed E-state index contributed by atoms with van der Waals surface area (Å²) < 4.78 is 52.0. The van der Waals surface area contributed by atoms with E-state index in [1.54, 1.807) is 12.1 Å². The zero-order valence-electron chi connectivity index (χ0n) is 19.2. The summed E-state index contributed by atoms with van der Waals surface area (Å²) in [7, 11) is 1.38. The van der Waals surface area contributed by atoms with Crippen molar-refractivity contribution in [3.8, 4) is 17.6 Å². The average molecular weight is 348 g/mol. The molecule has 134 valence electrons. The second kappa shape index (κ2) is 7.35. The summed E-state index contributed by atoms with van der Waals surface area (Å²) in [5.41, 5.74) is -0.369. The summed E-state index contributed by atoms with van der Waals surface area (Å²) in [6, 6.07) is 7.05. The number of benzene rings is 1. The molecule has 1 aromatic rings. The molecule has 2 aliphatic rings. The van der Waals surface area contributed by atoms with Crippen molar-refractivity contribution in [3.63, 3.8) is 0 Å². The van der Waals surface area contributed by atoms with Crippen LogP contribution in [0, 0.1) is 17.2 Å². The van der Waals surface area contributed by atoms with Crippen LogP contribution in [0.2, 0.25) is 0 Å². The van der Waals surface area contributed by atoms with E-state index in [-0.39, 0.29) is 24.3 Å². The van der Waals surface area contributed by atoms with Crippen molar-refractivity contribution in [1.29, 1.82) is 5.26 Å². The van der Waals surface area contributed by atoms with Crippen LogP contribution in [0.3, 0.4) is 0 Å². The fraction of sp³-hybridized carbons (Fsp3) is 0.600. The molecular formula is C20H25NO4. The van der Waals surface area contributed by atoms with E-state index in [9.17, 15) is 15.2 Å². The van der Waals surface area contributed by atoms with Gasteiger partial charge in [0, 0.05) is 5.48 Å². The number of rotatable bonds is 5. The SMILES string of the molecule is [2H]C1([2H])CCC([2H])([2H])C1([2H])Oc1cc(C2(C#N)CCC(C(=O)O)CC2)ccc1OC. The molecule has 0 radical (unpaired) electrons.